The summed E-state index contributed by atoms with van der Waals surface area (Å²) in [6, 6.07) is 15.8. The topological polar surface area (TPSA) is 20.2 Å². The van der Waals surface area contributed by atoms with Gasteiger partial charge in [-0.05, 0) is 41.1 Å². The third-order valence-corrected chi connectivity index (χ3v) is 3.26. The standard InChI is InChI=1S/C14H14OS/c1-2-16-14-9-5-12(6-10-14)11-3-7-13(15)8-4-11/h3-10,15H,2H2,1H3. The van der Waals surface area contributed by atoms with Crippen molar-refractivity contribution >= 4 is 11.8 Å². The molecule has 1 N–H and O–H groups in total. The molecule has 2 aromatic carbocycles. The number of benzene rings is 2. The van der Waals surface area contributed by atoms with Crippen molar-refractivity contribution in [1.82, 2.24) is 0 Å². The van der Waals surface area contributed by atoms with Gasteiger partial charge in [-0.2, -0.15) is 0 Å². The lowest BCUT2D eigenvalue weighted by atomic mass is 10.1. The minimum atomic E-state index is 0.307. The molecule has 0 bridgehead atoms. The molecule has 2 heteroatoms. The van der Waals surface area contributed by atoms with Gasteiger partial charge in [-0.1, -0.05) is 31.2 Å². The maximum absolute atomic E-state index is 9.21. The molecule has 0 atom stereocenters. The third kappa shape index (κ3) is 2.58. The highest BCUT2D eigenvalue weighted by molar-refractivity contribution is 7.99. The summed E-state index contributed by atoms with van der Waals surface area (Å²) in [5.41, 5.74) is 2.31. The Hall–Kier alpha value is -1.41. The molecular weight excluding hydrogens is 216 g/mol. The normalized spacial score (nSPS) is 10.3. The Bertz CT molecular complexity index is 445. The van der Waals surface area contributed by atoms with Crippen LogP contribution in [0.25, 0.3) is 11.1 Å². The molecule has 0 radical (unpaired) electrons. The maximum Gasteiger partial charge on any atom is 0.115 e. The highest BCUT2D eigenvalue weighted by Crippen LogP contribution is 2.25. The van der Waals surface area contributed by atoms with Crippen molar-refractivity contribution in [2.75, 3.05) is 5.75 Å². The molecule has 1 nitrogen and oxygen atoms in total. The van der Waals surface area contributed by atoms with Crippen LogP contribution in [0.2, 0.25) is 0 Å². The van der Waals surface area contributed by atoms with Crippen molar-refractivity contribution in [3.63, 3.8) is 0 Å². The summed E-state index contributed by atoms with van der Waals surface area (Å²) in [7, 11) is 0. The van der Waals surface area contributed by atoms with E-state index in [0.29, 0.717) is 5.75 Å². The number of rotatable bonds is 3. The Labute approximate surface area is 100 Å². The van der Waals surface area contributed by atoms with Crippen molar-refractivity contribution in [3.05, 3.63) is 48.5 Å². The average molecular weight is 230 g/mol. The first-order valence-corrected chi connectivity index (χ1v) is 6.30. The molecule has 2 aromatic rings. The Balaban J connectivity index is 2.24. The molecule has 82 valence electrons. The molecule has 0 aliphatic heterocycles. The Kier molecular flexibility index (Phi) is 3.52. The van der Waals surface area contributed by atoms with Gasteiger partial charge in [-0.3, -0.25) is 0 Å². The van der Waals surface area contributed by atoms with E-state index in [-0.39, 0.29) is 0 Å². The molecule has 16 heavy (non-hydrogen) atoms. The Morgan fingerprint density at radius 3 is 1.88 bits per heavy atom. The SMILES string of the molecule is CCSc1ccc(-c2ccc(O)cc2)cc1. The quantitative estimate of drug-likeness (QED) is 0.798. The van der Waals surface area contributed by atoms with Crippen LogP contribution in [0.1, 0.15) is 6.92 Å². The van der Waals surface area contributed by atoms with Gasteiger partial charge in [-0.15, -0.1) is 11.8 Å². The highest BCUT2D eigenvalue weighted by Gasteiger charge is 1.98. The van der Waals surface area contributed by atoms with Crippen molar-refractivity contribution in [3.8, 4) is 16.9 Å². The van der Waals surface area contributed by atoms with Gasteiger partial charge in [0.2, 0.25) is 0 Å². The molecule has 2 rings (SSSR count). The van der Waals surface area contributed by atoms with Crippen LogP contribution >= 0.6 is 11.8 Å². The number of hydrogen-bond acceptors (Lipinski definition) is 2. The van der Waals surface area contributed by atoms with E-state index in [9.17, 15) is 5.11 Å². The predicted molar refractivity (Wildman–Crippen MR) is 69.9 cm³/mol. The fraction of sp³-hybridized carbons (Fsp3) is 0.143. The summed E-state index contributed by atoms with van der Waals surface area (Å²) in [5, 5.41) is 9.21. The van der Waals surface area contributed by atoms with Crippen LogP contribution in [0.3, 0.4) is 0 Å². The van der Waals surface area contributed by atoms with E-state index < -0.39 is 0 Å². The minimum absolute atomic E-state index is 0.307. The third-order valence-electron chi connectivity index (χ3n) is 2.37. The summed E-state index contributed by atoms with van der Waals surface area (Å²) < 4.78 is 0. The minimum Gasteiger partial charge on any atom is -0.508 e. The van der Waals surface area contributed by atoms with E-state index in [1.807, 2.05) is 23.9 Å². The molecule has 0 aliphatic carbocycles. The van der Waals surface area contributed by atoms with Crippen molar-refractivity contribution in [1.29, 1.82) is 0 Å². The molecular formula is C14H14OS. The van der Waals surface area contributed by atoms with Gasteiger partial charge in [0.1, 0.15) is 5.75 Å². The van der Waals surface area contributed by atoms with E-state index in [4.69, 9.17) is 0 Å². The molecule has 0 saturated carbocycles. The molecule has 0 aromatic heterocycles. The van der Waals surface area contributed by atoms with Crippen LogP contribution in [0.5, 0.6) is 5.75 Å². The van der Waals surface area contributed by atoms with Crippen molar-refractivity contribution in [2.24, 2.45) is 0 Å². The zero-order valence-corrected chi connectivity index (χ0v) is 10.00. The smallest absolute Gasteiger partial charge is 0.115 e. The monoisotopic (exact) mass is 230 g/mol. The van der Waals surface area contributed by atoms with E-state index in [0.717, 1.165) is 11.3 Å². The first kappa shape index (κ1) is 11.1. The van der Waals surface area contributed by atoms with Crippen LogP contribution in [0.15, 0.2) is 53.4 Å². The van der Waals surface area contributed by atoms with Gasteiger partial charge in [0.15, 0.2) is 0 Å². The lowest BCUT2D eigenvalue weighted by Gasteiger charge is -2.03. The summed E-state index contributed by atoms with van der Waals surface area (Å²) >= 11 is 1.84. The fourth-order valence-electron chi connectivity index (χ4n) is 1.56. The molecule has 0 aliphatic rings. The number of hydrogen-bond donors (Lipinski definition) is 1. The van der Waals surface area contributed by atoms with Crippen LogP contribution in [-0.2, 0) is 0 Å². The number of phenols is 1. The van der Waals surface area contributed by atoms with E-state index in [1.54, 1.807) is 12.1 Å². The van der Waals surface area contributed by atoms with Gasteiger partial charge < -0.3 is 5.11 Å². The van der Waals surface area contributed by atoms with Gasteiger partial charge >= 0.3 is 0 Å². The second kappa shape index (κ2) is 5.08. The van der Waals surface area contributed by atoms with Crippen LogP contribution < -0.4 is 0 Å². The summed E-state index contributed by atoms with van der Waals surface area (Å²) in [6.07, 6.45) is 0. The second-order valence-electron chi connectivity index (χ2n) is 3.50. The number of aromatic hydroxyl groups is 1. The fourth-order valence-corrected chi connectivity index (χ4v) is 2.23. The van der Waals surface area contributed by atoms with Gasteiger partial charge in [0, 0.05) is 4.90 Å². The molecule has 0 amide bonds. The molecule has 0 heterocycles. The summed E-state index contributed by atoms with van der Waals surface area (Å²) in [5.74, 6) is 1.40. The maximum atomic E-state index is 9.21. The van der Waals surface area contributed by atoms with Crippen molar-refractivity contribution < 1.29 is 5.11 Å². The summed E-state index contributed by atoms with van der Waals surface area (Å²) in [6.45, 7) is 2.15. The molecule has 0 unspecified atom stereocenters. The highest BCUT2D eigenvalue weighted by atomic mass is 32.2. The summed E-state index contributed by atoms with van der Waals surface area (Å²) in [4.78, 5) is 1.30. The van der Waals surface area contributed by atoms with Crippen LogP contribution in [0, 0.1) is 0 Å². The largest absolute Gasteiger partial charge is 0.508 e. The zero-order chi connectivity index (χ0) is 11.4. The van der Waals surface area contributed by atoms with Crippen LogP contribution in [-0.4, -0.2) is 10.9 Å². The average Bonchev–Trinajstić information content (AvgIpc) is 2.32. The van der Waals surface area contributed by atoms with E-state index >= 15 is 0 Å². The first-order valence-electron chi connectivity index (χ1n) is 5.32. The first-order chi connectivity index (χ1) is 7.79. The van der Waals surface area contributed by atoms with Crippen molar-refractivity contribution in [2.45, 2.75) is 11.8 Å². The molecule has 0 spiro atoms. The second-order valence-corrected chi connectivity index (χ2v) is 4.84. The predicted octanol–water partition coefficient (Wildman–Crippen LogP) is 4.17. The Morgan fingerprint density at radius 1 is 0.875 bits per heavy atom. The van der Waals surface area contributed by atoms with Crippen LogP contribution in [0.4, 0.5) is 0 Å². The Morgan fingerprint density at radius 2 is 1.38 bits per heavy atom. The van der Waals surface area contributed by atoms with Gasteiger partial charge in [0.25, 0.3) is 0 Å². The lowest BCUT2D eigenvalue weighted by molar-refractivity contribution is 0.475. The zero-order valence-electron chi connectivity index (χ0n) is 9.18. The molecule has 0 fully saturated rings. The lowest BCUT2D eigenvalue weighted by Crippen LogP contribution is -1.78. The van der Waals surface area contributed by atoms with E-state index in [1.165, 1.54) is 10.5 Å². The molecule has 0 saturated heterocycles. The number of phenolic OH excluding ortho intramolecular Hbond substituents is 1. The number of thioether (sulfide) groups is 1. The van der Waals surface area contributed by atoms with Gasteiger partial charge in [0.05, 0.1) is 0 Å². The van der Waals surface area contributed by atoms with Gasteiger partial charge in [-0.25, -0.2) is 0 Å². The van der Waals surface area contributed by atoms with E-state index in [2.05, 4.69) is 31.2 Å².